The highest BCUT2D eigenvalue weighted by Crippen LogP contribution is 2.35. The first-order valence-corrected chi connectivity index (χ1v) is 6.17. The van der Waals surface area contributed by atoms with Crippen LogP contribution in [0, 0.1) is 0 Å². The van der Waals surface area contributed by atoms with E-state index in [2.05, 4.69) is 42.5 Å². The summed E-state index contributed by atoms with van der Waals surface area (Å²) in [7, 11) is 0. The fourth-order valence-electron chi connectivity index (χ4n) is 2.72. The molecule has 86 valence electrons. The van der Waals surface area contributed by atoms with Crippen LogP contribution in [-0.4, -0.2) is 0 Å². The number of fused-ring (bicyclic) bond motifs is 3. The number of allylic oxidation sites excluding steroid dienone is 1. The Balaban J connectivity index is 1.94. The summed E-state index contributed by atoms with van der Waals surface area (Å²) in [4.78, 5) is 0. The van der Waals surface area contributed by atoms with Gasteiger partial charge in [-0.15, -0.1) is 0 Å². The molecule has 1 aliphatic rings. The quantitative estimate of drug-likeness (QED) is 0.600. The molecule has 0 fully saturated rings. The highest BCUT2D eigenvalue weighted by Gasteiger charge is 2.17. The Morgan fingerprint density at radius 1 is 0.889 bits per heavy atom. The van der Waals surface area contributed by atoms with E-state index in [1.807, 2.05) is 12.1 Å². The molecule has 4 rings (SSSR count). The van der Waals surface area contributed by atoms with Crippen molar-refractivity contribution in [3.8, 4) is 0 Å². The molecule has 0 unspecified atom stereocenters. The number of rotatable bonds is 1. The highest BCUT2D eigenvalue weighted by molar-refractivity contribution is 6.00. The maximum atomic E-state index is 5.49. The van der Waals surface area contributed by atoms with E-state index < -0.39 is 0 Å². The molecule has 18 heavy (non-hydrogen) atoms. The van der Waals surface area contributed by atoms with E-state index in [9.17, 15) is 0 Å². The van der Waals surface area contributed by atoms with Crippen LogP contribution in [0.3, 0.4) is 0 Å². The van der Waals surface area contributed by atoms with E-state index in [0.717, 1.165) is 12.2 Å². The van der Waals surface area contributed by atoms with Gasteiger partial charge >= 0.3 is 0 Å². The zero-order chi connectivity index (χ0) is 11.9. The third-order valence-electron chi connectivity index (χ3n) is 3.60. The van der Waals surface area contributed by atoms with Gasteiger partial charge in [0.2, 0.25) is 0 Å². The molecule has 1 nitrogen and oxygen atoms in total. The molecule has 0 amide bonds. The fraction of sp³-hybridized carbons (Fsp3) is 0.0588. The normalized spacial score (nSPS) is 13.7. The molecule has 1 aromatic heterocycles. The zero-order valence-electron chi connectivity index (χ0n) is 9.89. The van der Waals surface area contributed by atoms with E-state index in [0.29, 0.717) is 0 Å². The number of benzene rings is 2. The van der Waals surface area contributed by atoms with Crippen LogP contribution >= 0.6 is 0 Å². The first-order valence-electron chi connectivity index (χ1n) is 6.17. The summed E-state index contributed by atoms with van der Waals surface area (Å²) < 4.78 is 5.49. The highest BCUT2D eigenvalue weighted by atomic mass is 16.3. The molecule has 0 radical (unpaired) electrons. The molecule has 0 atom stereocenters. The summed E-state index contributed by atoms with van der Waals surface area (Å²) >= 11 is 0. The summed E-state index contributed by atoms with van der Waals surface area (Å²) in [6, 6.07) is 16.9. The summed E-state index contributed by atoms with van der Waals surface area (Å²) in [5.41, 5.74) is 4.01. The summed E-state index contributed by atoms with van der Waals surface area (Å²) in [6.45, 7) is 0. The zero-order valence-corrected chi connectivity index (χ0v) is 9.89. The number of furan rings is 1. The van der Waals surface area contributed by atoms with Gasteiger partial charge in [0, 0.05) is 6.42 Å². The molecule has 0 saturated carbocycles. The third kappa shape index (κ3) is 1.34. The molecule has 1 heterocycles. The van der Waals surface area contributed by atoms with Crippen molar-refractivity contribution in [1.29, 1.82) is 0 Å². The van der Waals surface area contributed by atoms with E-state index in [-0.39, 0.29) is 0 Å². The monoisotopic (exact) mass is 232 g/mol. The Bertz CT molecular complexity index is 748. The summed E-state index contributed by atoms with van der Waals surface area (Å²) in [6.07, 6.45) is 4.96. The van der Waals surface area contributed by atoms with E-state index in [1.165, 1.54) is 27.5 Å². The van der Waals surface area contributed by atoms with Gasteiger partial charge in [0.05, 0.1) is 6.26 Å². The van der Waals surface area contributed by atoms with E-state index >= 15 is 0 Å². The minimum absolute atomic E-state index is 0.966. The summed E-state index contributed by atoms with van der Waals surface area (Å²) in [5, 5.41) is 2.63. The molecule has 1 aliphatic carbocycles. The predicted octanol–water partition coefficient (Wildman–Crippen LogP) is 4.53. The van der Waals surface area contributed by atoms with Crippen molar-refractivity contribution >= 4 is 22.4 Å². The van der Waals surface area contributed by atoms with Crippen LogP contribution in [0.5, 0.6) is 0 Å². The lowest BCUT2D eigenvalue weighted by atomic mass is 10.0. The minimum atomic E-state index is 0.966. The Hall–Kier alpha value is -2.28. The molecule has 0 spiro atoms. The van der Waals surface area contributed by atoms with Crippen molar-refractivity contribution < 1.29 is 4.42 Å². The third-order valence-corrected chi connectivity index (χ3v) is 3.60. The summed E-state index contributed by atoms with van der Waals surface area (Å²) in [5.74, 6) is 0.982. The van der Waals surface area contributed by atoms with Gasteiger partial charge in [0.15, 0.2) is 0 Å². The van der Waals surface area contributed by atoms with Crippen molar-refractivity contribution in [2.45, 2.75) is 6.42 Å². The van der Waals surface area contributed by atoms with Gasteiger partial charge in [-0.2, -0.15) is 0 Å². The van der Waals surface area contributed by atoms with Crippen LogP contribution in [0.15, 0.2) is 59.2 Å². The van der Waals surface area contributed by atoms with Crippen LogP contribution in [0.4, 0.5) is 0 Å². The molecule has 3 aromatic rings. The van der Waals surface area contributed by atoms with Crippen LogP contribution in [0.25, 0.3) is 22.4 Å². The maximum absolute atomic E-state index is 5.49. The SMILES string of the molecule is C1=C(c2ccco2)Cc2ccc3ccccc3c21. The van der Waals surface area contributed by atoms with Crippen LogP contribution in [-0.2, 0) is 6.42 Å². The molecule has 0 saturated heterocycles. The van der Waals surface area contributed by atoms with Crippen molar-refractivity contribution in [2.75, 3.05) is 0 Å². The van der Waals surface area contributed by atoms with E-state index in [1.54, 1.807) is 6.26 Å². The Morgan fingerprint density at radius 2 is 1.83 bits per heavy atom. The van der Waals surface area contributed by atoms with Gasteiger partial charge < -0.3 is 4.42 Å². The van der Waals surface area contributed by atoms with Gasteiger partial charge in [0.1, 0.15) is 5.76 Å². The second-order valence-corrected chi connectivity index (χ2v) is 4.68. The predicted molar refractivity (Wildman–Crippen MR) is 74.2 cm³/mol. The molecule has 0 bridgehead atoms. The van der Waals surface area contributed by atoms with Gasteiger partial charge in [-0.3, -0.25) is 0 Å². The molecule has 1 heteroatoms. The maximum Gasteiger partial charge on any atom is 0.130 e. The Morgan fingerprint density at radius 3 is 2.72 bits per heavy atom. The molecule has 0 aliphatic heterocycles. The van der Waals surface area contributed by atoms with Crippen LogP contribution < -0.4 is 0 Å². The van der Waals surface area contributed by atoms with Crippen LogP contribution in [0.1, 0.15) is 16.9 Å². The second-order valence-electron chi connectivity index (χ2n) is 4.68. The first kappa shape index (κ1) is 9.72. The van der Waals surface area contributed by atoms with Gasteiger partial charge in [-0.25, -0.2) is 0 Å². The lowest BCUT2D eigenvalue weighted by molar-refractivity contribution is 0.552. The minimum Gasteiger partial charge on any atom is -0.465 e. The topological polar surface area (TPSA) is 13.1 Å². The molecular formula is C17H12O. The van der Waals surface area contributed by atoms with E-state index in [4.69, 9.17) is 4.42 Å². The Labute approximate surface area is 105 Å². The fourth-order valence-corrected chi connectivity index (χ4v) is 2.72. The average Bonchev–Trinajstić information content (AvgIpc) is 3.07. The standard InChI is InChI=1S/C17H12O/c1-2-5-15-12(4-1)7-8-13-10-14(11-16(13)15)17-6-3-9-18-17/h1-9,11H,10H2. The Kier molecular flexibility index (Phi) is 1.95. The van der Waals surface area contributed by atoms with Gasteiger partial charge in [-0.1, -0.05) is 36.4 Å². The average molecular weight is 232 g/mol. The van der Waals surface area contributed by atoms with Crippen molar-refractivity contribution in [1.82, 2.24) is 0 Å². The number of hydrogen-bond donors (Lipinski definition) is 0. The molecule has 0 N–H and O–H groups in total. The largest absolute Gasteiger partial charge is 0.465 e. The van der Waals surface area contributed by atoms with Crippen molar-refractivity contribution in [3.05, 3.63) is 71.7 Å². The van der Waals surface area contributed by atoms with Crippen LogP contribution in [0.2, 0.25) is 0 Å². The molecular weight excluding hydrogens is 220 g/mol. The lowest BCUT2D eigenvalue weighted by Gasteiger charge is -2.03. The van der Waals surface area contributed by atoms with Gasteiger partial charge in [-0.05, 0) is 45.7 Å². The molecule has 2 aromatic carbocycles. The van der Waals surface area contributed by atoms with Crippen molar-refractivity contribution in [3.63, 3.8) is 0 Å². The second kappa shape index (κ2) is 3.61. The number of hydrogen-bond acceptors (Lipinski definition) is 1. The smallest absolute Gasteiger partial charge is 0.130 e. The first-order chi connectivity index (χ1) is 8.92. The lowest BCUT2D eigenvalue weighted by Crippen LogP contribution is -1.84. The van der Waals surface area contributed by atoms with Crippen molar-refractivity contribution in [2.24, 2.45) is 0 Å². The van der Waals surface area contributed by atoms with Gasteiger partial charge in [0.25, 0.3) is 0 Å².